The standard InChI is InChI=1S/C12H16/c1-4-5-6-12-8-7-10(2)11(3)9-12/h5-9H,4H2,1-3H3/b6-5-. The maximum Gasteiger partial charge on any atom is -0.0257 e. The van der Waals surface area contributed by atoms with E-state index in [4.69, 9.17) is 0 Å². The van der Waals surface area contributed by atoms with Crippen LogP contribution in [0.1, 0.15) is 30.0 Å². The first-order valence-corrected chi connectivity index (χ1v) is 4.48. The van der Waals surface area contributed by atoms with Crippen LogP contribution in [0, 0.1) is 13.8 Å². The fraction of sp³-hybridized carbons (Fsp3) is 0.333. The average molecular weight is 160 g/mol. The van der Waals surface area contributed by atoms with Crippen LogP contribution in [0.2, 0.25) is 0 Å². The minimum atomic E-state index is 1.10. The molecule has 0 amide bonds. The maximum absolute atomic E-state index is 2.22. The van der Waals surface area contributed by atoms with Gasteiger partial charge >= 0.3 is 0 Å². The largest absolute Gasteiger partial charge is 0.0842 e. The number of hydrogen-bond acceptors (Lipinski definition) is 0. The highest BCUT2D eigenvalue weighted by Gasteiger charge is 1.91. The predicted molar refractivity (Wildman–Crippen MR) is 55.2 cm³/mol. The van der Waals surface area contributed by atoms with Crippen molar-refractivity contribution in [1.29, 1.82) is 0 Å². The minimum Gasteiger partial charge on any atom is -0.0842 e. The molecular weight excluding hydrogens is 144 g/mol. The maximum atomic E-state index is 2.22. The lowest BCUT2D eigenvalue weighted by molar-refractivity contribution is 1.23. The van der Waals surface area contributed by atoms with Crippen molar-refractivity contribution in [2.75, 3.05) is 0 Å². The van der Waals surface area contributed by atoms with Crippen molar-refractivity contribution in [3.05, 3.63) is 41.0 Å². The fourth-order valence-electron chi connectivity index (χ4n) is 1.12. The van der Waals surface area contributed by atoms with Gasteiger partial charge in [0.25, 0.3) is 0 Å². The van der Waals surface area contributed by atoms with Gasteiger partial charge in [0.2, 0.25) is 0 Å². The van der Waals surface area contributed by atoms with Crippen LogP contribution in [0.25, 0.3) is 6.08 Å². The van der Waals surface area contributed by atoms with E-state index in [1.54, 1.807) is 0 Å². The van der Waals surface area contributed by atoms with E-state index in [0.29, 0.717) is 0 Å². The monoisotopic (exact) mass is 160 g/mol. The third-order valence-corrected chi connectivity index (χ3v) is 2.08. The van der Waals surface area contributed by atoms with E-state index >= 15 is 0 Å². The average Bonchev–Trinajstić information content (AvgIpc) is 2.07. The van der Waals surface area contributed by atoms with Gasteiger partial charge in [0.1, 0.15) is 0 Å². The molecule has 1 aromatic rings. The summed E-state index contributed by atoms with van der Waals surface area (Å²) >= 11 is 0. The van der Waals surface area contributed by atoms with E-state index in [1.165, 1.54) is 16.7 Å². The Morgan fingerprint density at radius 2 is 1.92 bits per heavy atom. The Hall–Kier alpha value is -1.04. The van der Waals surface area contributed by atoms with Crippen LogP contribution < -0.4 is 0 Å². The molecule has 0 aliphatic heterocycles. The van der Waals surface area contributed by atoms with Crippen molar-refractivity contribution in [2.45, 2.75) is 27.2 Å². The third kappa shape index (κ3) is 2.23. The molecule has 0 unspecified atom stereocenters. The molecule has 64 valence electrons. The second-order valence-corrected chi connectivity index (χ2v) is 3.15. The predicted octanol–water partition coefficient (Wildman–Crippen LogP) is 3.73. The molecule has 1 rings (SSSR count). The highest BCUT2D eigenvalue weighted by molar-refractivity contribution is 5.51. The van der Waals surface area contributed by atoms with Crippen LogP contribution in [-0.2, 0) is 0 Å². The summed E-state index contributed by atoms with van der Waals surface area (Å²) in [6, 6.07) is 6.56. The van der Waals surface area contributed by atoms with Crippen molar-refractivity contribution >= 4 is 6.08 Å². The van der Waals surface area contributed by atoms with Gasteiger partial charge in [-0.1, -0.05) is 37.3 Å². The highest BCUT2D eigenvalue weighted by Crippen LogP contribution is 2.11. The molecule has 0 atom stereocenters. The lowest BCUT2D eigenvalue weighted by atomic mass is 10.1. The molecule has 0 heterocycles. The van der Waals surface area contributed by atoms with E-state index in [2.05, 4.69) is 51.1 Å². The van der Waals surface area contributed by atoms with E-state index in [1.807, 2.05) is 0 Å². The van der Waals surface area contributed by atoms with Gasteiger partial charge in [-0.3, -0.25) is 0 Å². The summed E-state index contributed by atoms with van der Waals surface area (Å²) in [6.07, 6.45) is 5.46. The molecule has 0 bridgehead atoms. The number of rotatable bonds is 2. The Bertz CT molecular complexity index is 282. The highest BCUT2D eigenvalue weighted by atomic mass is 14.0. The Morgan fingerprint density at radius 3 is 2.50 bits per heavy atom. The number of allylic oxidation sites excluding steroid dienone is 1. The number of aryl methyl sites for hydroxylation is 2. The van der Waals surface area contributed by atoms with E-state index in [0.717, 1.165) is 6.42 Å². The molecule has 0 saturated heterocycles. The lowest BCUT2D eigenvalue weighted by Crippen LogP contribution is -1.80. The second kappa shape index (κ2) is 4.10. The van der Waals surface area contributed by atoms with Crippen LogP contribution >= 0.6 is 0 Å². The molecule has 0 aromatic heterocycles. The summed E-state index contributed by atoms with van der Waals surface area (Å²) in [5.74, 6) is 0. The Labute approximate surface area is 74.9 Å². The normalized spacial score (nSPS) is 10.9. The number of benzene rings is 1. The Morgan fingerprint density at radius 1 is 1.17 bits per heavy atom. The fourth-order valence-corrected chi connectivity index (χ4v) is 1.12. The molecule has 0 aliphatic carbocycles. The minimum absolute atomic E-state index is 1.10. The third-order valence-electron chi connectivity index (χ3n) is 2.08. The first-order chi connectivity index (χ1) is 5.74. The van der Waals surface area contributed by atoms with E-state index < -0.39 is 0 Å². The quantitative estimate of drug-likeness (QED) is 0.618. The molecule has 0 fully saturated rings. The van der Waals surface area contributed by atoms with Crippen LogP contribution in [0.3, 0.4) is 0 Å². The zero-order valence-corrected chi connectivity index (χ0v) is 8.09. The Kier molecular flexibility index (Phi) is 3.09. The molecular formula is C12H16. The molecule has 0 spiro atoms. The van der Waals surface area contributed by atoms with Gasteiger partial charge in [-0.2, -0.15) is 0 Å². The van der Waals surface area contributed by atoms with Crippen LogP contribution in [-0.4, -0.2) is 0 Å². The lowest BCUT2D eigenvalue weighted by Gasteiger charge is -2.00. The van der Waals surface area contributed by atoms with Crippen LogP contribution in [0.15, 0.2) is 24.3 Å². The van der Waals surface area contributed by atoms with Gasteiger partial charge in [-0.15, -0.1) is 0 Å². The first-order valence-electron chi connectivity index (χ1n) is 4.48. The second-order valence-electron chi connectivity index (χ2n) is 3.15. The summed E-state index contributed by atoms with van der Waals surface area (Å²) in [6.45, 7) is 6.44. The summed E-state index contributed by atoms with van der Waals surface area (Å²) < 4.78 is 0. The number of hydrogen-bond donors (Lipinski definition) is 0. The van der Waals surface area contributed by atoms with Crippen molar-refractivity contribution < 1.29 is 0 Å². The van der Waals surface area contributed by atoms with Crippen molar-refractivity contribution in [2.24, 2.45) is 0 Å². The SMILES string of the molecule is CC/C=C\c1ccc(C)c(C)c1. The molecule has 0 aliphatic rings. The summed E-state index contributed by atoms with van der Waals surface area (Å²) in [7, 11) is 0. The van der Waals surface area contributed by atoms with Gasteiger partial charge in [-0.25, -0.2) is 0 Å². The topological polar surface area (TPSA) is 0 Å². The zero-order valence-electron chi connectivity index (χ0n) is 8.09. The molecule has 0 N–H and O–H groups in total. The van der Waals surface area contributed by atoms with Crippen LogP contribution in [0.4, 0.5) is 0 Å². The molecule has 1 aromatic carbocycles. The molecule has 0 saturated carbocycles. The van der Waals surface area contributed by atoms with Gasteiger partial charge in [0.05, 0.1) is 0 Å². The van der Waals surface area contributed by atoms with Crippen molar-refractivity contribution in [1.82, 2.24) is 0 Å². The van der Waals surface area contributed by atoms with Gasteiger partial charge in [0, 0.05) is 0 Å². The van der Waals surface area contributed by atoms with E-state index in [-0.39, 0.29) is 0 Å². The molecule has 0 nitrogen and oxygen atoms in total. The van der Waals surface area contributed by atoms with E-state index in [9.17, 15) is 0 Å². The van der Waals surface area contributed by atoms with Gasteiger partial charge < -0.3 is 0 Å². The zero-order chi connectivity index (χ0) is 8.97. The van der Waals surface area contributed by atoms with Gasteiger partial charge in [0.15, 0.2) is 0 Å². The smallest absolute Gasteiger partial charge is 0.0257 e. The van der Waals surface area contributed by atoms with Crippen molar-refractivity contribution in [3.8, 4) is 0 Å². The summed E-state index contributed by atoms with van der Waals surface area (Å²) in [5.41, 5.74) is 4.04. The first kappa shape index (κ1) is 9.05. The Balaban J connectivity index is 2.89. The molecule has 12 heavy (non-hydrogen) atoms. The molecule has 0 heteroatoms. The summed E-state index contributed by atoms with van der Waals surface area (Å²) in [4.78, 5) is 0. The van der Waals surface area contributed by atoms with Crippen LogP contribution in [0.5, 0.6) is 0 Å². The van der Waals surface area contributed by atoms with Gasteiger partial charge in [-0.05, 0) is 37.0 Å². The van der Waals surface area contributed by atoms with Crippen molar-refractivity contribution in [3.63, 3.8) is 0 Å². The molecule has 0 radical (unpaired) electrons. The summed E-state index contributed by atoms with van der Waals surface area (Å²) in [5, 5.41) is 0.